The smallest absolute Gasteiger partial charge is 0.407 e. The van der Waals surface area contributed by atoms with Gasteiger partial charge >= 0.3 is 12.1 Å². The molecule has 2 saturated heterocycles. The van der Waals surface area contributed by atoms with E-state index in [1.807, 2.05) is 24.3 Å². The van der Waals surface area contributed by atoms with Crippen LogP contribution in [0, 0.1) is 23.7 Å². The van der Waals surface area contributed by atoms with Crippen LogP contribution in [0.1, 0.15) is 17.0 Å². The largest absolute Gasteiger partial charge is 0.481 e. The lowest BCUT2D eigenvalue weighted by molar-refractivity contribution is -0.142. The van der Waals surface area contributed by atoms with Gasteiger partial charge in [0.2, 0.25) is 5.91 Å². The summed E-state index contributed by atoms with van der Waals surface area (Å²) >= 11 is 0. The van der Waals surface area contributed by atoms with E-state index >= 15 is 0 Å². The molecule has 34 heavy (non-hydrogen) atoms. The minimum absolute atomic E-state index is 0.0334. The predicted octanol–water partition coefficient (Wildman–Crippen LogP) is 2.33. The number of rotatable bonds is 5. The van der Waals surface area contributed by atoms with Crippen LogP contribution in [-0.4, -0.2) is 66.9 Å². The van der Waals surface area contributed by atoms with E-state index in [1.165, 1.54) is 0 Å². The van der Waals surface area contributed by atoms with Crippen molar-refractivity contribution < 1.29 is 29.0 Å². The van der Waals surface area contributed by atoms with Gasteiger partial charge in [-0.05, 0) is 34.1 Å². The number of nitrogens with zero attached hydrogens (tertiary/aromatic N) is 1. The number of fused-ring (bicyclic) bond motifs is 4. The lowest BCUT2D eigenvalue weighted by atomic mass is 9.98. The second-order valence-electron chi connectivity index (χ2n) is 9.66. The minimum Gasteiger partial charge on any atom is -0.481 e. The van der Waals surface area contributed by atoms with Crippen LogP contribution in [0.2, 0.25) is 0 Å². The first-order valence-electron chi connectivity index (χ1n) is 11.7. The van der Waals surface area contributed by atoms with Crippen molar-refractivity contribution in [3.8, 4) is 11.1 Å². The highest BCUT2D eigenvalue weighted by molar-refractivity contribution is 5.83. The number of likely N-dealkylation sites (tertiary alicyclic amines) is 1. The third-order valence-corrected chi connectivity index (χ3v) is 7.84. The molecule has 4 aliphatic rings. The Balaban J connectivity index is 1.06. The van der Waals surface area contributed by atoms with Crippen LogP contribution in [0.15, 0.2) is 48.5 Å². The van der Waals surface area contributed by atoms with Gasteiger partial charge in [-0.15, -0.1) is 0 Å². The number of carboxylic acid groups (broad SMARTS) is 1. The predicted molar refractivity (Wildman–Crippen MR) is 121 cm³/mol. The molecule has 1 saturated carbocycles. The Morgan fingerprint density at radius 1 is 0.971 bits per heavy atom. The van der Waals surface area contributed by atoms with Gasteiger partial charge < -0.3 is 24.8 Å². The summed E-state index contributed by atoms with van der Waals surface area (Å²) in [6, 6.07) is 15.8. The van der Waals surface area contributed by atoms with E-state index in [1.54, 1.807) is 4.90 Å². The summed E-state index contributed by atoms with van der Waals surface area (Å²) in [5.74, 6) is -1.60. The third-order valence-electron chi connectivity index (χ3n) is 7.84. The van der Waals surface area contributed by atoms with E-state index in [2.05, 4.69) is 29.6 Å². The zero-order valence-electron chi connectivity index (χ0n) is 18.6. The van der Waals surface area contributed by atoms with Crippen molar-refractivity contribution in [2.24, 2.45) is 23.7 Å². The summed E-state index contributed by atoms with van der Waals surface area (Å²) in [6.45, 7) is 1.63. The molecule has 3 fully saturated rings. The Labute approximate surface area is 196 Å². The van der Waals surface area contributed by atoms with Gasteiger partial charge in [-0.3, -0.25) is 9.59 Å². The highest BCUT2D eigenvalue weighted by Crippen LogP contribution is 2.52. The molecule has 2 aliphatic carbocycles. The summed E-state index contributed by atoms with van der Waals surface area (Å²) in [5.41, 5.74) is 4.61. The van der Waals surface area contributed by atoms with Crippen molar-refractivity contribution in [1.82, 2.24) is 10.2 Å². The Hall–Kier alpha value is -3.39. The van der Waals surface area contributed by atoms with Crippen LogP contribution in [0.25, 0.3) is 11.1 Å². The Morgan fingerprint density at radius 3 is 2.21 bits per heavy atom. The fourth-order valence-corrected chi connectivity index (χ4v) is 6.04. The summed E-state index contributed by atoms with van der Waals surface area (Å²) in [7, 11) is 0. The maximum absolute atomic E-state index is 13.0. The molecule has 4 unspecified atom stereocenters. The number of ether oxygens (including phenoxy) is 2. The highest BCUT2D eigenvalue weighted by Gasteiger charge is 2.61. The lowest BCUT2D eigenvalue weighted by Gasteiger charge is -2.25. The molecular formula is C26H26N2O6. The topological polar surface area (TPSA) is 105 Å². The lowest BCUT2D eigenvalue weighted by Crippen LogP contribution is -2.48. The maximum Gasteiger partial charge on any atom is 0.407 e. The Kier molecular flexibility index (Phi) is 5.06. The van der Waals surface area contributed by atoms with E-state index < -0.39 is 24.0 Å². The number of carbonyl (C=O) groups excluding carboxylic acids is 2. The maximum atomic E-state index is 13.0. The standard InChI is InChI=1S/C26H26N2O6/c29-24(28-9-18-19(10-28)23(18)25(30)31)21-11-33-13-22(21)27-26(32)34-12-20-16-7-3-1-5-14(16)15-6-2-4-8-17(15)20/h1-8,18-23H,9-13H2,(H,27,32)(H,30,31). The molecule has 4 atom stereocenters. The molecule has 176 valence electrons. The second kappa shape index (κ2) is 8.13. The van der Waals surface area contributed by atoms with E-state index in [9.17, 15) is 19.5 Å². The average Bonchev–Trinajstić information content (AvgIpc) is 3.19. The third kappa shape index (κ3) is 3.44. The number of aliphatic carboxylic acids is 1. The fraction of sp³-hybridized carbons (Fsp3) is 0.423. The van der Waals surface area contributed by atoms with Crippen molar-refractivity contribution in [2.45, 2.75) is 12.0 Å². The first-order valence-corrected chi connectivity index (χ1v) is 11.7. The van der Waals surface area contributed by atoms with Crippen LogP contribution in [0.5, 0.6) is 0 Å². The number of carbonyl (C=O) groups is 3. The number of amides is 2. The molecule has 8 heteroatoms. The van der Waals surface area contributed by atoms with Crippen molar-refractivity contribution in [3.05, 3.63) is 59.7 Å². The molecular weight excluding hydrogens is 436 g/mol. The molecule has 2 aromatic rings. The zero-order chi connectivity index (χ0) is 23.4. The molecule has 2 aromatic carbocycles. The monoisotopic (exact) mass is 462 g/mol. The SMILES string of the molecule is O=C(NC1COCC1C(=O)N1CC2C(C1)C2C(=O)O)OCC1c2ccccc2-c2ccccc21. The van der Waals surface area contributed by atoms with Gasteiger partial charge in [0.15, 0.2) is 0 Å². The quantitative estimate of drug-likeness (QED) is 0.707. The number of alkyl carbamates (subject to hydrolysis) is 1. The van der Waals surface area contributed by atoms with E-state index in [0.717, 1.165) is 22.3 Å². The second-order valence-corrected chi connectivity index (χ2v) is 9.66. The summed E-state index contributed by atoms with van der Waals surface area (Å²) in [5, 5.41) is 12.0. The molecule has 6 rings (SSSR count). The molecule has 2 N–H and O–H groups in total. The molecule has 2 aliphatic heterocycles. The number of piperidine rings is 1. The number of hydrogen-bond acceptors (Lipinski definition) is 5. The van der Waals surface area contributed by atoms with Crippen LogP contribution < -0.4 is 5.32 Å². The summed E-state index contributed by atoms with van der Waals surface area (Å²) in [6.07, 6.45) is -0.564. The number of benzene rings is 2. The van der Waals surface area contributed by atoms with Gasteiger partial charge in [-0.2, -0.15) is 0 Å². The normalized spacial score (nSPS) is 28.7. The van der Waals surface area contributed by atoms with Crippen molar-refractivity contribution in [3.63, 3.8) is 0 Å². The van der Waals surface area contributed by atoms with Gasteiger partial charge in [0.25, 0.3) is 0 Å². The van der Waals surface area contributed by atoms with Crippen molar-refractivity contribution in [1.29, 1.82) is 0 Å². The molecule has 0 spiro atoms. The van der Waals surface area contributed by atoms with Crippen LogP contribution in [0.3, 0.4) is 0 Å². The zero-order valence-corrected chi connectivity index (χ0v) is 18.6. The average molecular weight is 463 g/mol. The van der Waals surface area contributed by atoms with Crippen LogP contribution >= 0.6 is 0 Å². The molecule has 0 aromatic heterocycles. The van der Waals surface area contributed by atoms with Gasteiger partial charge in [-0.25, -0.2) is 4.79 Å². The molecule has 2 heterocycles. The number of carboxylic acids is 1. The van der Waals surface area contributed by atoms with Crippen LogP contribution in [-0.2, 0) is 19.1 Å². The van der Waals surface area contributed by atoms with Gasteiger partial charge in [-0.1, -0.05) is 48.5 Å². The first-order chi connectivity index (χ1) is 16.5. The molecule has 8 nitrogen and oxygen atoms in total. The van der Waals surface area contributed by atoms with E-state index in [4.69, 9.17) is 9.47 Å². The van der Waals surface area contributed by atoms with Crippen molar-refractivity contribution in [2.75, 3.05) is 32.9 Å². The molecule has 2 amide bonds. The van der Waals surface area contributed by atoms with Gasteiger partial charge in [0.05, 0.1) is 31.1 Å². The number of hydrogen-bond donors (Lipinski definition) is 2. The Bertz CT molecular complexity index is 1110. The first kappa shape index (κ1) is 21.2. The minimum atomic E-state index is -0.777. The number of nitrogens with one attached hydrogen (secondary N) is 1. The van der Waals surface area contributed by atoms with Crippen LogP contribution in [0.4, 0.5) is 4.79 Å². The molecule has 0 radical (unpaired) electrons. The van der Waals surface area contributed by atoms with Crippen molar-refractivity contribution >= 4 is 18.0 Å². The van der Waals surface area contributed by atoms with Gasteiger partial charge in [0, 0.05) is 19.0 Å². The highest BCUT2D eigenvalue weighted by atomic mass is 16.5. The summed E-state index contributed by atoms with van der Waals surface area (Å²) in [4.78, 5) is 38.6. The Morgan fingerprint density at radius 2 is 1.59 bits per heavy atom. The van der Waals surface area contributed by atoms with E-state index in [0.29, 0.717) is 13.1 Å². The van der Waals surface area contributed by atoms with E-state index in [-0.39, 0.29) is 49.4 Å². The fourth-order valence-electron chi connectivity index (χ4n) is 6.04. The van der Waals surface area contributed by atoms with Gasteiger partial charge in [0.1, 0.15) is 6.61 Å². The summed E-state index contributed by atoms with van der Waals surface area (Å²) < 4.78 is 11.1. The molecule has 0 bridgehead atoms.